The minimum atomic E-state index is 0.537. The Hall–Kier alpha value is -1.09. The Morgan fingerprint density at radius 2 is 2.31 bits per heavy atom. The lowest BCUT2D eigenvalue weighted by atomic mass is 10.3. The number of aryl methyl sites for hydroxylation is 1. The van der Waals surface area contributed by atoms with Crippen molar-refractivity contribution in [2.75, 3.05) is 0 Å². The van der Waals surface area contributed by atoms with Gasteiger partial charge in [-0.2, -0.15) is 0 Å². The van der Waals surface area contributed by atoms with E-state index in [1.807, 2.05) is 12.3 Å². The predicted octanol–water partition coefficient (Wildman–Crippen LogP) is 2.56. The first-order valence-corrected chi connectivity index (χ1v) is 4.68. The van der Waals surface area contributed by atoms with Gasteiger partial charge in [-0.1, -0.05) is 18.5 Å². The summed E-state index contributed by atoms with van der Waals surface area (Å²) in [4.78, 5) is 11.6. The second-order valence-electron chi connectivity index (χ2n) is 2.92. The molecule has 13 heavy (non-hydrogen) atoms. The number of nitrogens with one attached hydrogen (secondary N) is 1. The highest BCUT2D eigenvalue weighted by atomic mass is 35.5. The molecule has 2 heterocycles. The Balaban J connectivity index is 2.56. The summed E-state index contributed by atoms with van der Waals surface area (Å²) in [6.07, 6.45) is 3.72. The number of H-pyrrole nitrogens is 1. The van der Waals surface area contributed by atoms with Crippen LogP contribution in [0.15, 0.2) is 12.3 Å². The highest BCUT2D eigenvalue weighted by Crippen LogP contribution is 2.19. The van der Waals surface area contributed by atoms with Gasteiger partial charge in [-0.15, -0.1) is 0 Å². The number of rotatable bonds is 2. The molecule has 0 aliphatic heterocycles. The van der Waals surface area contributed by atoms with Crippen LogP contribution in [0.3, 0.4) is 0 Å². The number of hydrogen-bond donors (Lipinski definition) is 1. The standard InChI is InChI=1S/C9H10ClN3/c1-2-3-7-12-8(10)6-4-5-11-9(6)13-7/h4-5H,2-3H2,1H3,(H,11,12,13). The van der Waals surface area contributed by atoms with Crippen LogP contribution in [0.2, 0.25) is 5.15 Å². The minimum absolute atomic E-state index is 0.537. The zero-order valence-corrected chi connectivity index (χ0v) is 8.10. The Labute approximate surface area is 81.2 Å². The molecular weight excluding hydrogens is 186 g/mol. The molecule has 3 nitrogen and oxygen atoms in total. The summed E-state index contributed by atoms with van der Waals surface area (Å²) in [6.45, 7) is 2.09. The number of hydrogen-bond acceptors (Lipinski definition) is 2. The maximum Gasteiger partial charge on any atom is 0.142 e. The van der Waals surface area contributed by atoms with Crippen molar-refractivity contribution in [1.82, 2.24) is 15.0 Å². The van der Waals surface area contributed by atoms with Crippen LogP contribution in [0.1, 0.15) is 19.2 Å². The molecule has 68 valence electrons. The van der Waals surface area contributed by atoms with Crippen molar-refractivity contribution in [2.45, 2.75) is 19.8 Å². The average molecular weight is 196 g/mol. The molecule has 0 radical (unpaired) electrons. The highest BCUT2D eigenvalue weighted by Gasteiger charge is 2.05. The van der Waals surface area contributed by atoms with Crippen LogP contribution < -0.4 is 0 Å². The molecule has 1 N–H and O–H groups in total. The number of halogens is 1. The van der Waals surface area contributed by atoms with Gasteiger partial charge in [0.2, 0.25) is 0 Å². The van der Waals surface area contributed by atoms with Gasteiger partial charge in [0.05, 0.1) is 5.39 Å². The Morgan fingerprint density at radius 3 is 3.08 bits per heavy atom. The van der Waals surface area contributed by atoms with Gasteiger partial charge in [-0.25, -0.2) is 9.97 Å². The molecule has 0 amide bonds. The maximum absolute atomic E-state index is 5.97. The Morgan fingerprint density at radius 1 is 1.46 bits per heavy atom. The molecule has 0 atom stereocenters. The van der Waals surface area contributed by atoms with E-state index in [-0.39, 0.29) is 0 Å². The zero-order valence-electron chi connectivity index (χ0n) is 7.34. The SMILES string of the molecule is CCCc1nc(Cl)c2cc[nH]c2n1. The van der Waals surface area contributed by atoms with Crippen molar-refractivity contribution in [1.29, 1.82) is 0 Å². The predicted molar refractivity (Wildman–Crippen MR) is 52.9 cm³/mol. The van der Waals surface area contributed by atoms with Crippen LogP contribution in [-0.2, 0) is 6.42 Å². The van der Waals surface area contributed by atoms with Gasteiger partial charge in [0.25, 0.3) is 0 Å². The second-order valence-corrected chi connectivity index (χ2v) is 3.28. The summed E-state index contributed by atoms with van der Waals surface area (Å²) in [5, 5.41) is 1.43. The number of aromatic nitrogens is 3. The van der Waals surface area contributed by atoms with Gasteiger partial charge in [0, 0.05) is 12.6 Å². The molecule has 4 heteroatoms. The molecule has 0 aliphatic rings. The van der Waals surface area contributed by atoms with E-state index in [9.17, 15) is 0 Å². The van der Waals surface area contributed by atoms with Gasteiger partial charge in [-0.3, -0.25) is 0 Å². The van der Waals surface area contributed by atoms with Gasteiger partial charge in [-0.05, 0) is 12.5 Å². The van der Waals surface area contributed by atoms with Gasteiger partial charge < -0.3 is 4.98 Å². The van der Waals surface area contributed by atoms with E-state index in [1.165, 1.54) is 0 Å². The molecular formula is C9H10ClN3. The number of nitrogens with zero attached hydrogens (tertiary/aromatic N) is 2. The van der Waals surface area contributed by atoms with E-state index >= 15 is 0 Å². The fourth-order valence-electron chi connectivity index (χ4n) is 1.28. The van der Waals surface area contributed by atoms with E-state index in [2.05, 4.69) is 21.9 Å². The van der Waals surface area contributed by atoms with Gasteiger partial charge in [0.1, 0.15) is 16.6 Å². The lowest BCUT2D eigenvalue weighted by Crippen LogP contribution is -1.94. The summed E-state index contributed by atoms with van der Waals surface area (Å²) in [7, 11) is 0. The second kappa shape index (κ2) is 3.34. The van der Waals surface area contributed by atoms with Gasteiger partial charge in [0.15, 0.2) is 0 Å². The maximum atomic E-state index is 5.97. The molecule has 0 fully saturated rings. The molecule has 2 aromatic heterocycles. The quantitative estimate of drug-likeness (QED) is 0.749. The normalized spacial score (nSPS) is 10.9. The van der Waals surface area contributed by atoms with Crippen LogP contribution in [0, 0.1) is 0 Å². The molecule has 0 aromatic carbocycles. The van der Waals surface area contributed by atoms with Crippen LogP contribution in [0.4, 0.5) is 0 Å². The van der Waals surface area contributed by atoms with Crippen LogP contribution in [0.5, 0.6) is 0 Å². The monoisotopic (exact) mass is 195 g/mol. The highest BCUT2D eigenvalue weighted by molar-refractivity contribution is 6.33. The van der Waals surface area contributed by atoms with Crippen molar-refractivity contribution in [3.05, 3.63) is 23.2 Å². The van der Waals surface area contributed by atoms with Crippen LogP contribution in [0.25, 0.3) is 11.0 Å². The zero-order chi connectivity index (χ0) is 9.26. The molecule has 0 spiro atoms. The molecule has 2 rings (SSSR count). The largest absolute Gasteiger partial charge is 0.346 e. The van der Waals surface area contributed by atoms with Crippen LogP contribution in [-0.4, -0.2) is 15.0 Å². The number of fused-ring (bicyclic) bond motifs is 1. The third-order valence-corrected chi connectivity index (χ3v) is 2.18. The van der Waals surface area contributed by atoms with Crippen molar-refractivity contribution < 1.29 is 0 Å². The smallest absolute Gasteiger partial charge is 0.142 e. The van der Waals surface area contributed by atoms with E-state index in [1.54, 1.807) is 0 Å². The lowest BCUT2D eigenvalue weighted by molar-refractivity contribution is 0.843. The molecule has 0 saturated heterocycles. The summed E-state index contributed by atoms with van der Waals surface area (Å²) in [5.41, 5.74) is 0.823. The van der Waals surface area contributed by atoms with E-state index in [4.69, 9.17) is 11.6 Å². The molecule has 0 bridgehead atoms. The van der Waals surface area contributed by atoms with Crippen molar-refractivity contribution >= 4 is 22.6 Å². The van der Waals surface area contributed by atoms with E-state index in [0.717, 1.165) is 29.7 Å². The minimum Gasteiger partial charge on any atom is -0.346 e. The summed E-state index contributed by atoms with van der Waals surface area (Å²) in [6, 6.07) is 1.88. The van der Waals surface area contributed by atoms with Gasteiger partial charge >= 0.3 is 0 Å². The summed E-state index contributed by atoms with van der Waals surface area (Å²) in [5.74, 6) is 0.808. The van der Waals surface area contributed by atoms with E-state index < -0.39 is 0 Å². The lowest BCUT2D eigenvalue weighted by Gasteiger charge is -1.98. The Bertz CT molecular complexity index is 422. The fraction of sp³-hybridized carbons (Fsp3) is 0.333. The molecule has 0 unspecified atom stereocenters. The average Bonchev–Trinajstić information content (AvgIpc) is 2.53. The third kappa shape index (κ3) is 1.52. The van der Waals surface area contributed by atoms with Crippen LogP contribution >= 0.6 is 11.6 Å². The Kier molecular flexibility index (Phi) is 2.19. The summed E-state index contributed by atoms with van der Waals surface area (Å²) >= 11 is 5.97. The van der Waals surface area contributed by atoms with Crippen molar-refractivity contribution in [2.24, 2.45) is 0 Å². The molecule has 2 aromatic rings. The molecule has 0 aliphatic carbocycles. The first-order chi connectivity index (χ1) is 6.31. The first-order valence-electron chi connectivity index (χ1n) is 4.30. The summed E-state index contributed by atoms with van der Waals surface area (Å²) < 4.78 is 0. The van der Waals surface area contributed by atoms with Crippen molar-refractivity contribution in [3.8, 4) is 0 Å². The topological polar surface area (TPSA) is 41.6 Å². The number of aromatic amines is 1. The first kappa shape index (κ1) is 8.51. The fourth-order valence-corrected chi connectivity index (χ4v) is 1.53. The van der Waals surface area contributed by atoms with E-state index in [0.29, 0.717) is 5.15 Å². The molecule has 0 saturated carbocycles. The third-order valence-electron chi connectivity index (χ3n) is 1.89. The van der Waals surface area contributed by atoms with Crippen molar-refractivity contribution in [3.63, 3.8) is 0 Å².